The number of aromatic nitrogens is 1. The third-order valence-corrected chi connectivity index (χ3v) is 6.64. The van der Waals surface area contributed by atoms with Crippen molar-refractivity contribution in [3.63, 3.8) is 0 Å². The van der Waals surface area contributed by atoms with Crippen molar-refractivity contribution >= 4 is 69.4 Å². The van der Waals surface area contributed by atoms with Crippen LogP contribution in [0.2, 0.25) is 15.1 Å². The van der Waals surface area contributed by atoms with E-state index in [1.54, 1.807) is 36.4 Å². The average Bonchev–Trinajstić information content (AvgIpc) is 3.19. The molecule has 4 nitrogen and oxygen atoms in total. The first kappa shape index (κ1) is 22.0. The number of rotatable bonds is 3. The van der Waals surface area contributed by atoms with Gasteiger partial charge in [-0.2, -0.15) is 0 Å². The lowest BCUT2D eigenvalue weighted by Crippen LogP contribution is -2.19. The van der Waals surface area contributed by atoms with Crippen LogP contribution in [0.25, 0.3) is 11.8 Å². The van der Waals surface area contributed by atoms with Crippen molar-refractivity contribution in [3.05, 3.63) is 85.2 Å². The van der Waals surface area contributed by atoms with Gasteiger partial charge in [0.15, 0.2) is 5.17 Å². The quantitative estimate of drug-likeness (QED) is 0.395. The van der Waals surface area contributed by atoms with E-state index in [1.165, 1.54) is 17.8 Å². The molecule has 2 aromatic carbocycles. The number of aryl methyl sites for hydroxylation is 1. The second-order valence-corrected chi connectivity index (χ2v) is 9.09. The Morgan fingerprint density at radius 2 is 1.81 bits per heavy atom. The number of hydrogen-bond acceptors (Lipinski definition) is 3. The van der Waals surface area contributed by atoms with Gasteiger partial charge in [-0.3, -0.25) is 4.79 Å². The van der Waals surface area contributed by atoms with Gasteiger partial charge < -0.3 is 9.88 Å². The van der Waals surface area contributed by atoms with E-state index in [-0.39, 0.29) is 10.9 Å². The van der Waals surface area contributed by atoms with Crippen LogP contribution in [-0.2, 0) is 4.79 Å². The number of carbonyl (C=O) groups is 1. The summed E-state index contributed by atoms with van der Waals surface area (Å²) >= 11 is 19.1. The number of nitrogens with zero attached hydrogens (tertiary/aromatic N) is 2. The van der Waals surface area contributed by atoms with Crippen molar-refractivity contribution in [2.45, 2.75) is 13.8 Å². The van der Waals surface area contributed by atoms with E-state index in [9.17, 15) is 9.18 Å². The van der Waals surface area contributed by atoms with Crippen LogP contribution >= 0.6 is 46.6 Å². The molecule has 1 aliphatic rings. The normalized spacial score (nSPS) is 16.4. The Hall–Kier alpha value is -2.25. The Morgan fingerprint density at radius 3 is 2.52 bits per heavy atom. The minimum absolute atomic E-state index is 0.0544. The molecule has 0 atom stereocenters. The lowest BCUT2D eigenvalue weighted by Gasteiger charge is -2.10. The van der Waals surface area contributed by atoms with Crippen molar-refractivity contribution in [1.29, 1.82) is 0 Å². The molecule has 31 heavy (non-hydrogen) atoms. The number of amidine groups is 1. The Morgan fingerprint density at radius 1 is 1.03 bits per heavy atom. The number of amides is 1. The number of halogens is 4. The maximum atomic E-state index is 13.5. The zero-order valence-electron chi connectivity index (χ0n) is 16.3. The van der Waals surface area contributed by atoms with E-state index >= 15 is 0 Å². The van der Waals surface area contributed by atoms with Gasteiger partial charge in [0, 0.05) is 17.1 Å². The number of carbonyl (C=O) groups excluding carboxylic acids is 1. The molecule has 1 aromatic heterocycles. The third-order valence-electron chi connectivity index (χ3n) is 4.70. The van der Waals surface area contributed by atoms with Crippen LogP contribution in [0.4, 0.5) is 10.1 Å². The molecule has 3 aromatic rings. The van der Waals surface area contributed by atoms with Crippen LogP contribution in [0, 0.1) is 19.7 Å². The number of aliphatic imine (C=N–C) groups is 1. The molecule has 0 spiro atoms. The summed E-state index contributed by atoms with van der Waals surface area (Å²) < 4.78 is 15.5. The molecule has 0 bridgehead atoms. The SMILES string of the molecule is Cc1cc(/C=C2\SC(=Nc3ccc(Cl)c(Cl)c3)NC2=O)c(C)n1-c1ccc(F)c(Cl)c1. The highest BCUT2D eigenvalue weighted by Gasteiger charge is 2.24. The Balaban J connectivity index is 1.64. The first-order valence-electron chi connectivity index (χ1n) is 9.12. The molecule has 2 heterocycles. The summed E-state index contributed by atoms with van der Waals surface area (Å²) in [5.74, 6) is -0.707. The van der Waals surface area contributed by atoms with Crippen molar-refractivity contribution < 1.29 is 9.18 Å². The van der Waals surface area contributed by atoms with Crippen LogP contribution in [0.15, 0.2) is 52.4 Å². The fraction of sp³-hybridized carbons (Fsp3) is 0.0909. The number of nitrogens with one attached hydrogen (secondary N) is 1. The van der Waals surface area contributed by atoms with Gasteiger partial charge in [0.05, 0.1) is 25.7 Å². The van der Waals surface area contributed by atoms with Gasteiger partial charge in [-0.25, -0.2) is 9.38 Å². The van der Waals surface area contributed by atoms with Crippen LogP contribution in [0.3, 0.4) is 0 Å². The average molecular weight is 495 g/mol. The molecule has 0 radical (unpaired) electrons. The molecular formula is C22H15Cl3FN3OS. The number of hydrogen-bond donors (Lipinski definition) is 1. The van der Waals surface area contributed by atoms with Gasteiger partial charge in [-0.05, 0) is 79.7 Å². The molecule has 1 fully saturated rings. The van der Waals surface area contributed by atoms with E-state index in [0.717, 1.165) is 22.6 Å². The van der Waals surface area contributed by atoms with Crippen molar-refractivity contribution in [2.24, 2.45) is 4.99 Å². The van der Waals surface area contributed by atoms with E-state index in [4.69, 9.17) is 34.8 Å². The van der Waals surface area contributed by atoms with Gasteiger partial charge in [-0.1, -0.05) is 34.8 Å². The van der Waals surface area contributed by atoms with Crippen LogP contribution < -0.4 is 5.32 Å². The lowest BCUT2D eigenvalue weighted by molar-refractivity contribution is -0.115. The molecule has 0 saturated carbocycles. The molecule has 1 aliphatic heterocycles. The molecular weight excluding hydrogens is 480 g/mol. The van der Waals surface area contributed by atoms with E-state index in [1.807, 2.05) is 24.5 Å². The summed E-state index contributed by atoms with van der Waals surface area (Å²) in [5.41, 5.74) is 4.03. The van der Waals surface area contributed by atoms with Crippen molar-refractivity contribution in [2.75, 3.05) is 0 Å². The molecule has 0 aliphatic carbocycles. The summed E-state index contributed by atoms with van der Waals surface area (Å²) in [6.45, 7) is 3.87. The monoisotopic (exact) mass is 493 g/mol. The predicted octanol–water partition coefficient (Wildman–Crippen LogP) is 7.09. The standard InChI is InChI=1S/C22H15Cl3FN3OS/c1-11-7-13(12(2)29(11)15-4-6-19(26)18(25)10-15)8-20-21(30)28-22(31-20)27-14-3-5-16(23)17(24)9-14/h3-10H,1-2H3,(H,27,28,30)/b20-8-. The van der Waals surface area contributed by atoms with Gasteiger partial charge in [-0.15, -0.1) is 0 Å². The molecule has 1 amide bonds. The zero-order valence-corrected chi connectivity index (χ0v) is 19.4. The largest absolute Gasteiger partial charge is 0.318 e. The van der Waals surface area contributed by atoms with E-state index in [2.05, 4.69) is 10.3 Å². The topological polar surface area (TPSA) is 46.4 Å². The maximum absolute atomic E-state index is 13.5. The summed E-state index contributed by atoms with van der Waals surface area (Å²) in [6.07, 6.45) is 1.81. The lowest BCUT2D eigenvalue weighted by atomic mass is 10.2. The molecule has 1 N–H and O–H groups in total. The summed E-state index contributed by atoms with van der Waals surface area (Å²) in [7, 11) is 0. The van der Waals surface area contributed by atoms with Gasteiger partial charge >= 0.3 is 0 Å². The van der Waals surface area contributed by atoms with Gasteiger partial charge in [0.1, 0.15) is 5.82 Å². The fourth-order valence-electron chi connectivity index (χ4n) is 3.25. The van der Waals surface area contributed by atoms with Crippen LogP contribution in [0.5, 0.6) is 0 Å². The Labute approximate surface area is 197 Å². The molecule has 4 rings (SSSR count). The summed E-state index contributed by atoms with van der Waals surface area (Å²) in [5, 5.41) is 4.09. The highest BCUT2D eigenvalue weighted by Crippen LogP contribution is 2.32. The molecule has 1 saturated heterocycles. The number of benzene rings is 2. The first-order valence-corrected chi connectivity index (χ1v) is 11.1. The summed E-state index contributed by atoms with van der Waals surface area (Å²) in [4.78, 5) is 17.4. The Bertz CT molecular complexity index is 1280. The first-order chi connectivity index (χ1) is 14.7. The molecule has 158 valence electrons. The fourth-order valence-corrected chi connectivity index (χ4v) is 4.55. The van der Waals surface area contributed by atoms with E-state index < -0.39 is 5.82 Å². The molecule has 9 heteroatoms. The van der Waals surface area contributed by atoms with Crippen molar-refractivity contribution in [1.82, 2.24) is 9.88 Å². The highest BCUT2D eigenvalue weighted by atomic mass is 35.5. The third kappa shape index (κ3) is 4.53. The van der Waals surface area contributed by atoms with Gasteiger partial charge in [0.2, 0.25) is 0 Å². The molecule has 0 unspecified atom stereocenters. The van der Waals surface area contributed by atoms with Crippen molar-refractivity contribution in [3.8, 4) is 5.69 Å². The maximum Gasteiger partial charge on any atom is 0.264 e. The summed E-state index contributed by atoms with van der Waals surface area (Å²) in [6, 6.07) is 11.5. The number of thioether (sulfide) groups is 1. The second-order valence-electron chi connectivity index (χ2n) is 6.84. The minimum atomic E-state index is -0.469. The van der Waals surface area contributed by atoms with Crippen LogP contribution in [0.1, 0.15) is 17.0 Å². The zero-order chi connectivity index (χ0) is 22.3. The van der Waals surface area contributed by atoms with Crippen LogP contribution in [-0.4, -0.2) is 15.6 Å². The predicted molar refractivity (Wildman–Crippen MR) is 127 cm³/mol. The Kier molecular flexibility index (Phi) is 6.17. The smallest absolute Gasteiger partial charge is 0.264 e. The highest BCUT2D eigenvalue weighted by molar-refractivity contribution is 8.18. The minimum Gasteiger partial charge on any atom is -0.318 e. The second kappa shape index (κ2) is 8.71. The van der Waals surface area contributed by atoms with Gasteiger partial charge in [0.25, 0.3) is 5.91 Å². The van der Waals surface area contributed by atoms with E-state index in [0.29, 0.717) is 25.8 Å².